The van der Waals surface area contributed by atoms with Crippen LogP contribution in [0.15, 0.2) is 12.3 Å². The number of anilines is 1. The fraction of sp³-hybridized carbons (Fsp3) is 0.375. The average Bonchev–Trinajstić information content (AvgIpc) is 2.26. The maximum absolute atomic E-state index is 9.01. The summed E-state index contributed by atoms with van der Waals surface area (Å²) in [5.41, 5.74) is 0.251. The lowest BCUT2D eigenvalue weighted by atomic mass is 10.4. The van der Waals surface area contributed by atoms with E-state index in [1.807, 2.05) is 6.07 Å². The van der Waals surface area contributed by atoms with Crippen LogP contribution in [0, 0.1) is 11.3 Å². The van der Waals surface area contributed by atoms with Crippen LogP contribution in [0.25, 0.3) is 0 Å². The van der Waals surface area contributed by atoms with Crippen LogP contribution in [0.3, 0.4) is 0 Å². The fourth-order valence-electron chi connectivity index (χ4n) is 0.780. The molecule has 0 spiro atoms. The molecule has 0 fully saturated rings. The summed E-state index contributed by atoms with van der Waals surface area (Å²) in [4.78, 5) is 7.65. The number of nitrogens with one attached hydrogen (secondary N) is 1. The predicted molar refractivity (Wildman–Crippen MR) is 48.3 cm³/mol. The first-order valence-corrected chi connectivity index (χ1v) is 4.02. The molecule has 1 aromatic heterocycles. The third kappa shape index (κ3) is 2.97. The van der Waals surface area contributed by atoms with Gasteiger partial charge in [0.05, 0.1) is 12.7 Å². The Labute approximate surface area is 80.9 Å². The molecule has 1 rings (SSSR count). The van der Waals surface area contributed by atoms with Gasteiger partial charge in [-0.25, -0.2) is 9.97 Å². The van der Waals surface area contributed by atoms with E-state index in [1.165, 1.54) is 12.3 Å². The zero-order chi connectivity index (χ0) is 10.4. The lowest BCUT2D eigenvalue weighted by Gasteiger charge is -2.07. The summed E-state index contributed by atoms with van der Waals surface area (Å²) in [6.45, 7) is -0.184. The second kappa shape index (κ2) is 5.11. The van der Waals surface area contributed by atoms with E-state index in [-0.39, 0.29) is 24.8 Å². The van der Waals surface area contributed by atoms with Crippen LogP contribution < -0.4 is 5.32 Å². The molecule has 0 amide bonds. The summed E-state index contributed by atoms with van der Waals surface area (Å²) in [5, 5.41) is 28.8. The van der Waals surface area contributed by atoms with E-state index in [9.17, 15) is 0 Å². The quantitative estimate of drug-likeness (QED) is 0.575. The molecular weight excluding hydrogens is 184 g/mol. The summed E-state index contributed by atoms with van der Waals surface area (Å²) in [6, 6.07) is 3.35. The molecule has 0 aliphatic heterocycles. The van der Waals surface area contributed by atoms with Crippen molar-refractivity contribution in [1.82, 2.24) is 9.97 Å². The number of aliphatic hydroxyl groups is 2. The first-order valence-electron chi connectivity index (χ1n) is 4.02. The van der Waals surface area contributed by atoms with Gasteiger partial charge in [-0.05, 0) is 6.07 Å². The van der Waals surface area contributed by atoms with E-state index in [0.29, 0.717) is 0 Å². The number of aliphatic hydroxyl groups excluding tert-OH is 2. The Kier molecular flexibility index (Phi) is 3.79. The van der Waals surface area contributed by atoms with Crippen molar-refractivity contribution in [3.8, 4) is 6.07 Å². The minimum Gasteiger partial charge on any atom is -0.394 e. The van der Waals surface area contributed by atoms with Gasteiger partial charge in [0.15, 0.2) is 0 Å². The van der Waals surface area contributed by atoms with Crippen LogP contribution >= 0.6 is 0 Å². The molecule has 6 nitrogen and oxygen atoms in total. The zero-order valence-corrected chi connectivity index (χ0v) is 7.38. The van der Waals surface area contributed by atoms with Crippen molar-refractivity contribution in [2.24, 2.45) is 0 Å². The number of hydrogen-bond donors (Lipinski definition) is 3. The Morgan fingerprint density at radius 1 is 1.64 bits per heavy atom. The standard InChI is InChI=1S/C8H10N4O2/c9-3-6-1-2-10-8(12-6)11-4-7(14)5-13/h1-2,7,13-14H,4-5H2,(H,10,11,12). The van der Waals surface area contributed by atoms with E-state index >= 15 is 0 Å². The summed E-state index contributed by atoms with van der Waals surface area (Å²) in [7, 11) is 0. The first-order chi connectivity index (χ1) is 6.76. The molecule has 0 aliphatic rings. The van der Waals surface area contributed by atoms with Gasteiger partial charge in [-0.3, -0.25) is 0 Å². The van der Waals surface area contributed by atoms with Gasteiger partial charge >= 0.3 is 0 Å². The number of nitriles is 1. The van der Waals surface area contributed by atoms with Gasteiger partial charge in [0, 0.05) is 12.7 Å². The maximum Gasteiger partial charge on any atom is 0.223 e. The number of rotatable bonds is 4. The molecule has 0 aromatic carbocycles. The highest BCUT2D eigenvalue weighted by Crippen LogP contribution is 1.98. The van der Waals surface area contributed by atoms with Crippen LogP contribution in [-0.2, 0) is 0 Å². The summed E-state index contributed by atoms with van der Waals surface area (Å²) in [5.74, 6) is 0.261. The van der Waals surface area contributed by atoms with E-state index in [4.69, 9.17) is 15.5 Å². The Hall–Kier alpha value is -1.71. The van der Waals surface area contributed by atoms with Crippen molar-refractivity contribution in [3.05, 3.63) is 18.0 Å². The largest absolute Gasteiger partial charge is 0.394 e. The number of hydrogen-bond acceptors (Lipinski definition) is 6. The van der Waals surface area contributed by atoms with Crippen molar-refractivity contribution in [2.45, 2.75) is 6.10 Å². The van der Waals surface area contributed by atoms with Gasteiger partial charge < -0.3 is 15.5 Å². The van der Waals surface area contributed by atoms with Crippen LogP contribution in [0.5, 0.6) is 0 Å². The van der Waals surface area contributed by atoms with Gasteiger partial charge in [-0.2, -0.15) is 5.26 Å². The molecule has 1 aromatic rings. The van der Waals surface area contributed by atoms with E-state index in [2.05, 4.69) is 15.3 Å². The fourth-order valence-corrected chi connectivity index (χ4v) is 0.780. The first kappa shape index (κ1) is 10.4. The Morgan fingerprint density at radius 3 is 3.07 bits per heavy atom. The third-order valence-electron chi connectivity index (χ3n) is 1.48. The Balaban J connectivity index is 2.55. The molecular formula is C8H10N4O2. The molecule has 0 bridgehead atoms. The number of aromatic nitrogens is 2. The molecule has 0 aliphatic carbocycles. The molecule has 0 saturated carbocycles. The lowest BCUT2D eigenvalue weighted by molar-refractivity contribution is 0.105. The highest BCUT2D eigenvalue weighted by molar-refractivity contribution is 5.29. The van der Waals surface area contributed by atoms with Crippen molar-refractivity contribution < 1.29 is 10.2 Å². The summed E-state index contributed by atoms with van der Waals surface area (Å²) >= 11 is 0. The molecule has 6 heteroatoms. The van der Waals surface area contributed by atoms with Crippen LogP contribution in [0.1, 0.15) is 5.69 Å². The second-order valence-electron chi connectivity index (χ2n) is 2.59. The number of nitrogens with zero attached hydrogens (tertiary/aromatic N) is 3. The van der Waals surface area contributed by atoms with Gasteiger partial charge in [0.1, 0.15) is 11.8 Å². The second-order valence-corrected chi connectivity index (χ2v) is 2.59. The molecule has 14 heavy (non-hydrogen) atoms. The van der Waals surface area contributed by atoms with Gasteiger partial charge in [-0.1, -0.05) is 0 Å². The van der Waals surface area contributed by atoms with Gasteiger partial charge in [-0.15, -0.1) is 0 Å². The van der Waals surface area contributed by atoms with Gasteiger partial charge in [0.2, 0.25) is 5.95 Å². The minimum atomic E-state index is -0.857. The average molecular weight is 194 g/mol. The van der Waals surface area contributed by atoms with E-state index < -0.39 is 6.10 Å². The molecule has 3 N–H and O–H groups in total. The van der Waals surface area contributed by atoms with E-state index in [1.54, 1.807) is 0 Å². The normalized spacial score (nSPS) is 11.8. The maximum atomic E-state index is 9.01. The van der Waals surface area contributed by atoms with Crippen molar-refractivity contribution in [2.75, 3.05) is 18.5 Å². The van der Waals surface area contributed by atoms with Crippen molar-refractivity contribution >= 4 is 5.95 Å². The molecule has 1 heterocycles. The summed E-state index contributed by atoms with van der Waals surface area (Å²) < 4.78 is 0. The minimum absolute atomic E-state index is 0.144. The van der Waals surface area contributed by atoms with Gasteiger partial charge in [0.25, 0.3) is 0 Å². The smallest absolute Gasteiger partial charge is 0.223 e. The topological polar surface area (TPSA) is 102 Å². The zero-order valence-electron chi connectivity index (χ0n) is 7.38. The van der Waals surface area contributed by atoms with Crippen molar-refractivity contribution in [1.29, 1.82) is 5.26 Å². The molecule has 1 unspecified atom stereocenters. The predicted octanol–water partition coefficient (Wildman–Crippen LogP) is -0.887. The highest BCUT2D eigenvalue weighted by atomic mass is 16.3. The van der Waals surface area contributed by atoms with E-state index in [0.717, 1.165) is 0 Å². The van der Waals surface area contributed by atoms with Crippen LogP contribution in [-0.4, -0.2) is 39.4 Å². The monoisotopic (exact) mass is 194 g/mol. The highest BCUT2D eigenvalue weighted by Gasteiger charge is 2.03. The van der Waals surface area contributed by atoms with Crippen LogP contribution in [0.4, 0.5) is 5.95 Å². The molecule has 1 atom stereocenters. The molecule has 0 saturated heterocycles. The lowest BCUT2D eigenvalue weighted by Crippen LogP contribution is -2.23. The van der Waals surface area contributed by atoms with Crippen molar-refractivity contribution in [3.63, 3.8) is 0 Å². The Bertz CT molecular complexity index is 336. The van der Waals surface area contributed by atoms with Crippen LogP contribution in [0.2, 0.25) is 0 Å². The molecule has 74 valence electrons. The SMILES string of the molecule is N#Cc1ccnc(NCC(O)CO)n1. The molecule has 0 radical (unpaired) electrons. The Morgan fingerprint density at radius 2 is 2.43 bits per heavy atom. The summed E-state index contributed by atoms with van der Waals surface area (Å²) in [6.07, 6.45) is 0.587. The third-order valence-corrected chi connectivity index (χ3v) is 1.48.